The standard InChI is InChI=1S/C14H17N3O7/c18-11-8(1-2-22-11)3-15-12(19)16(4-9-6-23-9)14(21)17(13(15)20)5-10-7-24-10/h8-10H,1-7H2. The average Bonchev–Trinajstić information content (AvgIpc) is 3.47. The van der Waals surface area contributed by atoms with Crippen LogP contribution in [0.1, 0.15) is 6.42 Å². The maximum Gasteiger partial charge on any atom is 0.336 e. The lowest BCUT2D eigenvalue weighted by Crippen LogP contribution is -2.56. The van der Waals surface area contributed by atoms with Gasteiger partial charge < -0.3 is 14.2 Å². The molecule has 0 aromatic carbocycles. The van der Waals surface area contributed by atoms with E-state index in [9.17, 15) is 19.2 Å². The minimum Gasteiger partial charge on any atom is -0.465 e. The van der Waals surface area contributed by atoms with Gasteiger partial charge in [0.15, 0.2) is 0 Å². The van der Waals surface area contributed by atoms with E-state index in [0.717, 1.165) is 13.7 Å². The van der Waals surface area contributed by atoms with Crippen LogP contribution in [-0.4, -0.2) is 51.7 Å². The minimum atomic E-state index is -0.715. The van der Waals surface area contributed by atoms with Crippen LogP contribution < -0.4 is 17.1 Å². The Balaban J connectivity index is 1.77. The van der Waals surface area contributed by atoms with Gasteiger partial charge in [-0.3, -0.25) is 4.79 Å². The molecule has 0 radical (unpaired) electrons. The normalized spacial score (nSPS) is 28.0. The molecule has 0 spiro atoms. The molecule has 130 valence electrons. The third kappa shape index (κ3) is 2.82. The highest BCUT2D eigenvalue weighted by Gasteiger charge is 2.32. The molecule has 3 unspecified atom stereocenters. The maximum atomic E-state index is 12.6. The Morgan fingerprint density at radius 2 is 1.25 bits per heavy atom. The fraction of sp³-hybridized carbons (Fsp3) is 0.714. The first-order valence-corrected chi connectivity index (χ1v) is 7.89. The van der Waals surface area contributed by atoms with E-state index in [-0.39, 0.29) is 38.4 Å². The number of carbonyl (C=O) groups excluding carboxylic acids is 1. The molecule has 1 aromatic heterocycles. The summed E-state index contributed by atoms with van der Waals surface area (Å²) in [6, 6.07) is 0. The number of hydrogen-bond donors (Lipinski definition) is 0. The topological polar surface area (TPSA) is 117 Å². The van der Waals surface area contributed by atoms with Crippen molar-refractivity contribution in [3.8, 4) is 0 Å². The fourth-order valence-electron chi connectivity index (χ4n) is 2.83. The number of nitrogens with zero attached hydrogens (tertiary/aromatic N) is 3. The summed E-state index contributed by atoms with van der Waals surface area (Å²) in [7, 11) is 0. The van der Waals surface area contributed by atoms with Crippen LogP contribution in [0.4, 0.5) is 0 Å². The van der Waals surface area contributed by atoms with E-state index in [1.807, 2.05) is 0 Å². The summed E-state index contributed by atoms with van der Waals surface area (Å²) in [5.74, 6) is -0.981. The van der Waals surface area contributed by atoms with Gasteiger partial charge in [-0.15, -0.1) is 0 Å². The first kappa shape index (κ1) is 15.3. The molecule has 0 amide bonds. The molecule has 3 atom stereocenters. The van der Waals surface area contributed by atoms with Crippen LogP contribution in [0.15, 0.2) is 14.4 Å². The molecule has 0 aliphatic carbocycles. The summed E-state index contributed by atoms with van der Waals surface area (Å²) in [5, 5.41) is 0. The van der Waals surface area contributed by atoms with Crippen molar-refractivity contribution in [1.82, 2.24) is 13.7 Å². The van der Waals surface area contributed by atoms with Gasteiger partial charge in [-0.2, -0.15) is 0 Å². The monoisotopic (exact) mass is 339 g/mol. The van der Waals surface area contributed by atoms with Crippen molar-refractivity contribution in [2.75, 3.05) is 19.8 Å². The smallest absolute Gasteiger partial charge is 0.336 e. The highest BCUT2D eigenvalue weighted by atomic mass is 16.6. The number of carbonyl (C=O) groups is 1. The van der Waals surface area contributed by atoms with Gasteiger partial charge in [-0.25, -0.2) is 28.1 Å². The quantitative estimate of drug-likeness (QED) is 0.416. The molecule has 10 heteroatoms. The summed E-state index contributed by atoms with van der Waals surface area (Å²) in [5.41, 5.74) is -2.09. The Bertz CT molecular complexity index is 791. The highest BCUT2D eigenvalue weighted by molar-refractivity contribution is 5.73. The van der Waals surface area contributed by atoms with Crippen molar-refractivity contribution in [3.05, 3.63) is 31.5 Å². The number of epoxide rings is 2. The third-order valence-corrected chi connectivity index (χ3v) is 4.41. The molecule has 24 heavy (non-hydrogen) atoms. The zero-order valence-electron chi connectivity index (χ0n) is 12.9. The lowest BCUT2D eigenvalue weighted by atomic mass is 10.1. The van der Waals surface area contributed by atoms with Crippen molar-refractivity contribution < 1.29 is 19.0 Å². The molecule has 0 N–H and O–H groups in total. The number of cyclic esters (lactones) is 1. The summed E-state index contributed by atoms with van der Waals surface area (Å²) in [4.78, 5) is 49.4. The zero-order valence-corrected chi connectivity index (χ0v) is 12.9. The van der Waals surface area contributed by atoms with Crippen LogP contribution in [0.25, 0.3) is 0 Å². The summed E-state index contributed by atoms with van der Waals surface area (Å²) >= 11 is 0. The van der Waals surface area contributed by atoms with Gasteiger partial charge in [0.05, 0.1) is 51.0 Å². The largest absolute Gasteiger partial charge is 0.465 e. The highest BCUT2D eigenvalue weighted by Crippen LogP contribution is 2.15. The Kier molecular flexibility index (Phi) is 3.65. The molecule has 0 bridgehead atoms. The van der Waals surface area contributed by atoms with E-state index in [0.29, 0.717) is 19.6 Å². The van der Waals surface area contributed by atoms with Gasteiger partial charge in [-0.1, -0.05) is 0 Å². The van der Waals surface area contributed by atoms with E-state index in [1.54, 1.807) is 0 Å². The van der Waals surface area contributed by atoms with Crippen molar-refractivity contribution >= 4 is 5.97 Å². The molecule has 3 aliphatic rings. The number of esters is 1. The molecular formula is C14H17N3O7. The summed E-state index contributed by atoms with van der Waals surface area (Å²) in [6.07, 6.45) is 0.0632. The van der Waals surface area contributed by atoms with Gasteiger partial charge in [0.2, 0.25) is 0 Å². The third-order valence-electron chi connectivity index (χ3n) is 4.41. The molecule has 0 saturated carbocycles. The molecule has 10 nitrogen and oxygen atoms in total. The van der Waals surface area contributed by atoms with E-state index >= 15 is 0 Å². The second-order valence-electron chi connectivity index (χ2n) is 6.24. The molecule has 3 saturated heterocycles. The van der Waals surface area contributed by atoms with Gasteiger partial charge in [0.25, 0.3) is 0 Å². The van der Waals surface area contributed by atoms with E-state index in [4.69, 9.17) is 14.2 Å². The van der Waals surface area contributed by atoms with Crippen molar-refractivity contribution in [2.24, 2.45) is 5.92 Å². The predicted molar refractivity (Wildman–Crippen MR) is 77.8 cm³/mol. The van der Waals surface area contributed by atoms with Gasteiger partial charge in [0, 0.05) is 6.54 Å². The summed E-state index contributed by atoms with van der Waals surface area (Å²) < 4.78 is 18.0. The van der Waals surface area contributed by atoms with Crippen molar-refractivity contribution in [2.45, 2.75) is 38.3 Å². The van der Waals surface area contributed by atoms with E-state index in [1.165, 1.54) is 0 Å². The second-order valence-corrected chi connectivity index (χ2v) is 6.24. The first-order valence-electron chi connectivity index (χ1n) is 7.89. The van der Waals surface area contributed by atoms with E-state index in [2.05, 4.69) is 0 Å². The number of hydrogen-bond acceptors (Lipinski definition) is 7. The Morgan fingerprint density at radius 1 is 0.792 bits per heavy atom. The van der Waals surface area contributed by atoms with Crippen molar-refractivity contribution in [1.29, 1.82) is 0 Å². The zero-order chi connectivity index (χ0) is 16.8. The first-order chi connectivity index (χ1) is 11.5. The molecule has 4 rings (SSSR count). The van der Waals surface area contributed by atoms with Crippen LogP contribution >= 0.6 is 0 Å². The molecule has 1 aromatic rings. The van der Waals surface area contributed by atoms with E-state index < -0.39 is 29.0 Å². The Hall–Kier alpha value is -2.20. The number of aromatic nitrogens is 3. The van der Waals surface area contributed by atoms with Crippen LogP contribution in [0.3, 0.4) is 0 Å². The SMILES string of the molecule is O=C1OCCC1Cn1c(=O)n(CC2CO2)c(=O)n(CC2CO2)c1=O. The molecule has 3 aliphatic heterocycles. The fourth-order valence-corrected chi connectivity index (χ4v) is 2.83. The molecule has 3 fully saturated rings. The Labute approximate surface area is 135 Å². The number of rotatable bonds is 6. The number of ether oxygens (including phenoxy) is 3. The average molecular weight is 339 g/mol. The maximum absolute atomic E-state index is 12.6. The molecular weight excluding hydrogens is 322 g/mol. The Morgan fingerprint density at radius 3 is 1.62 bits per heavy atom. The second kappa shape index (κ2) is 5.71. The van der Waals surface area contributed by atoms with Crippen molar-refractivity contribution in [3.63, 3.8) is 0 Å². The summed E-state index contributed by atoms with van der Waals surface area (Å²) in [6.45, 7) is 1.33. The van der Waals surface area contributed by atoms with Gasteiger partial charge in [0.1, 0.15) is 0 Å². The predicted octanol–water partition coefficient (Wildman–Crippen LogP) is -2.47. The van der Waals surface area contributed by atoms with Crippen LogP contribution in [0, 0.1) is 5.92 Å². The minimum absolute atomic E-state index is 0.0895. The van der Waals surface area contributed by atoms with Crippen LogP contribution in [0.2, 0.25) is 0 Å². The lowest BCUT2D eigenvalue weighted by Gasteiger charge is -2.14. The van der Waals surface area contributed by atoms with Crippen LogP contribution in [-0.2, 0) is 38.6 Å². The van der Waals surface area contributed by atoms with Gasteiger partial charge in [-0.05, 0) is 6.42 Å². The van der Waals surface area contributed by atoms with Crippen LogP contribution in [0.5, 0.6) is 0 Å². The van der Waals surface area contributed by atoms with Gasteiger partial charge >= 0.3 is 23.0 Å². The lowest BCUT2D eigenvalue weighted by molar-refractivity contribution is -0.141. The molecule has 4 heterocycles.